The summed E-state index contributed by atoms with van der Waals surface area (Å²) in [6.07, 6.45) is 1.01. The van der Waals surface area contributed by atoms with Gasteiger partial charge in [-0.3, -0.25) is 14.9 Å². The predicted molar refractivity (Wildman–Crippen MR) is 73.2 cm³/mol. The van der Waals surface area contributed by atoms with E-state index in [-0.39, 0.29) is 36.5 Å². The molecule has 0 spiro atoms. The van der Waals surface area contributed by atoms with Gasteiger partial charge in [0.2, 0.25) is 5.91 Å². The normalized spacial score (nSPS) is 17.9. The minimum Gasteiger partial charge on any atom is -0.341 e. The molecule has 0 saturated carbocycles. The molecule has 0 bridgehead atoms. The summed E-state index contributed by atoms with van der Waals surface area (Å²) < 4.78 is 0. The Hall–Kier alpha value is -1.66. The SMILES string of the molecule is Cl.N[C@@H]1CCN(C(=O)Cc2cccc([N+](=O)[O-])c2)C1. The third-order valence-electron chi connectivity index (χ3n) is 3.05. The molecule has 1 atom stereocenters. The van der Waals surface area contributed by atoms with Crippen LogP contribution in [0.15, 0.2) is 24.3 Å². The summed E-state index contributed by atoms with van der Waals surface area (Å²) in [7, 11) is 0. The number of nitro benzene ring substituents is 1. The Morgan fingerprint density at radius 2 is 2.26 bits per heavy atom. The molecule has 1 aliphatic rings. The van der Waals surface area contributed by atoms with E-state index < -0.39 is 4.92 Å². The number of halogens is 1. The highest BCUT2D eigenvalue weighted by Crippen LogP contribution is 2.15. The largest absolute Gasteiger partial charge is 0.341 e. The van der Waals surface area contributed by atoms with Gasteiger partial charge in [-0.2, -0.15) is 0 Å². The molecule has 104 valence electrons. The molecule has 6 nitrogen and oxygen atoms in total. The molecule has 1 aromatic rings. The number of nitrogens with two attached hydrogens (primary N) is 1. The van der Waals surface area contributed by atoms with Crippen molar-refractivity contribution in [3.63, 3.8) is 0 Å². The summed E-state index contributed by atoms with van der Waals surface area (Å²) in [5.41, 5.74) is 6.41. The van der Waals surface area contributed by atoms with Gasteiger partial charge in [-0.15, -0.1) is 12.4 Å². The maximum Gasteiger partial charge on any atom is 0.269 e. The molecule has 2 rings (SSSR count). The first kappa shape index (κ1) is 15.4. The summed E-state index contributed by atoms with van der Waals surface area (Å²) in [5, 5.41) is 10.6. The predicted octanol–water partition coefficient (Wildman–Crippen LogP) is 1.12. The molecule has 1 amide bonds. The second-order valence-corrected chi connectivity index (χ2v) is 4.49. The van der Waals surface area contributed by atoms with Crippen LogP contribution in [0.4, 0.5) is 5.69 Å². The van der Waals surface area contributed by atoms with Gasteiger partial charge < -0.3 is 10.6 Å². The molecule has 1 fully saturated rings. The van der Waals surface area contributed by atoms with Gasteiger partial charge in [-0.05, 0) is 12.0 Å². The number of hydrogen-bond acceptors (Lipinski definition) is 4. The third kappa shape index (κ3) is 3.90. The van der Waals surface area contributed by atoms with Gasteiger partial charge in [0.1, 0.15) is 0 Å². The van der Waals surface area contributed by atoms with Gasteiger partial charge in [0.25, 0.3) is 5.69 Å². The number of amides is 1. The summed E-state index contributed by atoms with van der Waals surface area (Å²) >= 11 is 0. The lowest BCUT2D eigenvalue weighted by Crippen LogP contribution is -2.32. The highest BCUT2D eigenvalue weighted by atomic mass is 35.5. The average Bonchev–Trinajstić information content (AvgIpc) is 2.76. The van der Waals surface area contributed by atoms with Crippen LogP contribution in [-0.2, 0) is 11.2 Å². The lowest BCUT2D eigenvalue weighted by atomic mass is 10.1. The first-order valence-electron chi connectivity index (χ1n) is 5.83. The first-order valence-corrected chi connectivity index (χ1v) is 5.83. The van der Waals surface area contributed by atoms with Crippen molar-refractivity contribution in [1.29, 1.82) is 0 Å². The lowest BCUT2D eigenvalue weighted by molar-refractivity contribution is -0.384. The molecule has 0 radical (unpaired) electrons. The molecule has 7 heteroatoms. The molecule has 1 saturated heterocycles. The monoisotopic (exact) mass is 285 g/mol. The Morgan fingerprint density at radius 3 is 2.84 bits per heavy atom. The van der Waals surface area contributed by atoms with E-state index in [0.29, 0.717) is 18.7 Å². The molecular weight excluding hydrogens is 270 g/mol. The molecule has 1 aromatic carbocycles. The van der Waals surface area contributed by atoms with Crippen LogP contribution in [0.1, 0.15) is 12.0 Å². The Labute approximate surface area is 117 Å². The van der Waals surface area contributed by atoms with Gasteiger partial charge in [0.05, 0.1) is 11.3 Å². The number of carbonyl (C=O) groups is 1. The van der Waals surface area contributed by atoms with E-state index in [1.807, 2.05) is 0 Å². The number of non-ortho nitro benzene ring substituents is 1. The zero-order valence-electron chi connectivity index (χ0n) is 10.3. The highest BCUT2D eigenvalue weighted by Gasteiger charge is 2.23. The second kappa shape index (κ2) is 6.49. The topological polar surface area (TPSA) is 89.5 Å². The van der Waals surface area contributed by atoms with E-state index in [4.69, 9.17) is 5.73 Å². The number of benzene rings is 1. The van der Waals surface area contributed by atoms with Crippen LogP contribution in [0.2, 0.25) is 0 Å². The minimum atomic E-state index is -0.459. The lowest BCUT2D eigenvalue weighted by Gasteiger charge is -2.15. The summed E-state index contributed by atoms with van der Waals surface area (Å²) in [5.74, 6) is -0.0246. The van der Waals surface area contributed by atoms with Gasteiger partial charge in [-0.25, -0.2) is 0 Å². The fourth-order valence-corrected chi connectivity index (χ4v) is 2.08. The number of hydrogen-bond donors (Lipinski definition) is 1. The number of likely N-dealkylation sites (tertiary alicyclic amines) is 1. The van der Waals surface area contributed by atoms with Crippen molar-refractivity contribution in [2.75, 3.05) is 13.1 Å². The van der Waals surface area contributed by atoms with Crippen LogP contribution >= 0.6 is 12.4 Å². The zero-order valence-corrected chi connectivity index (χ0v) is 11.1. The standard InChI is InChI=1S/C12H15N3O3.ClH/c13-10-4-5-14(8-10)12(16)7-9-2-1-3-11(6-9)15(17)18;/h1-3,6,10H,4-5,7-8,13H2;1H/t10-;/m1./s1. The third-order valence-corrected chi connectivity index (χ3v) is 3.05. The number of rotatable bonds is 3. The number of carbonyl (C=O) groups excluding carboxylic acids is 1. The quantitative estimate of drug-likeness (QED) is 0.665. The van der Waals surface area contributed by atoms with Gasteiger partial charge >= 0.3 is 0 Å². The van der Waals surface area contributed by atoms with E-state index in [1.54, 1.807) is 17.0 Å². The van der Waals surface area contributed by atoms with Crippen molar-refractivity contribution >= 4 is 24.0 Å². The van der Waals surface area contributed by atoms with Crippen molar-refractivity contribution in [2.24, 2.45) is 5.73 Å². The smallest absolute Gasteiger partial charge is 0.269 e. The van der Waals surface area contributed by atoms with E-state index in [0.717, 1.165) is 6.42 Å². The van der Waals surface area contributed by atoms with Crippen molar-refractivity contribution < 1.29 is 9.72 Å². The van der Waals surface area contributed by atoms with Gasteiger partial charge in [-0.1, -0.05) is 12.1 Å². The summed E-state index contributed by atoms with van der Waals surface area (Å²) in [4.78, 5) is 23.8. The Morgan fingerprint density at radius 1 is 1.53 bits per heavy atom. The van der Waals surface area contributed by atoms with Crippen LogP contribution in [0.5, 0.6) is 0 Å². The van der Waals surface area contributed by atoms with Crippen LogP contribution < -0.4 is 5.73 Å². The number of nitro groups is 1. The first-order chi connectivity index (χ1) is 8.56. The Bertz CT molecular complexity index is 481. The molecule has 0 aromatic heterocycles. The van der Waals surface area contributed by atoms with Crippen LogP contribution in [0, 0.1) is 10.1 Å². The van der Waals surface area contributed by atoms with Crippen LogP contribution in [0.3, 0.4) is 0 Å². The van der Waals surface area contributed by atoms with Gasteiger partial charge in [0, 0.05) is 31.3 Å². The minimum absolute atomic E-state index is 0. The van der Waals surface area contributed by atoms with Crippen molar-refractivity contribution in [3.8, 4) is 0 Å². The molecule has 19 heavy (non-hydrogen) atoms. The van der Waals surface area contributed by atoms with Crippen LogP contribution in [0.25, 0.3) is 0 Å². The van der Waals surface area contributed by atoms with Gasteiger partial charge in [0.15, 0.2) is 0 Å². The van der Waals surface area contributed by atoms with Crippen molar-refractivity contribution in [3.05, 3.63) is 39.9 Å². The molecular formula is C12H16ClN3O3. The second-order valence-electron chi connectivity index (χ2n) is 4.49. The van der Waals surface area contributed by atoms with Crippen molar-refractivity contribution in [2.45, 2.75) is 18.9 Å². The van der Waals surface area contributed by atoms with E-state index in [9.17, 15) is 14.9 Å². The Balaban J connectivity index is 0.00000180. The fourth-order valence-electron chi connectivity index (χ4n) is 2.08. The van der Waals surface area contributed by atoms with Crippen LogP contribution in [-0.4, -0.2) is 34.9 Å². The molecule has 1 heterocycles. The molecule has 0 unspecified atom stereocenters. The Kier molecular flexibility index (Phi) is 5.26. The fraction of sp³-hybridized carbons (Fsp3) is 0.417. The maximum atomic E-state index is 11.9. The number of nitrogens with zero attached hydrogens (tertiary/aromatic N) is 2. The maximum absolute atomic E-state index is 11.9. The summed E-state index contributed by atoms with van der Waals surface area (Å²) in [6.45, 7) is 1.25. The van der Waals surface area contributed by atoms with E-state index >= 15 is 0 Å². The summed E-state index contributed by atoms with van der Waals surface area (Å²) in [6, 6.07) is 6.23. The highest BCUT2D eigenvalue weighted by molar-refractivity contribution is 5.85. The van der Waals surface area contributed by atoms with E-state index in [2.05, 4.69) is 0 Å². The van der Waals surface area contributed by atoms with Crippen molar-refractivity contribution in [1.82, 2.24) is 4.90 Å². The molecule has 0 aliphatic carbocycles. The average molecular weight is 286 g/mol. The van der Waals surface area contributed by atoms with E-state index in [1.165, 1.54) is 12.1 Å². The molecule has 2 N–H and O–H groups in total. The molecule has 1 aliphatic heterocycles. The zero-order chi connectivity index (χ0) is 13.1.